The first kappa shape index (κ1) is 13.3. The molecule has 0 spiro atoms. The van der Waals surface area contributed by atoms with Crippen LogP contribution in [-0.4, -0.2) is 65.4 Å². The number of carbonyl (C=O) groups excluding carboxylic acids is 1. The summed E-state index contributed by atoms with van der Waals surface area (Å²) in [5.74, 6) is 0. The number of fused-ring (bicyclic) bond motifs is 1. The zero-order valence-electron chi connectivity index (χ0n) is 11.8. The van der Waals surface area contributed by atoms with Crippen molar-refractivity contribution in [2.24, 2.45) is 0 Å². The molecule has 1 saturated heterocycles. The standard InChI is InChI=1S/C15H20N4O/c1-17-5-7-18(8-6-17)9-10-19-11-13(12-20)14-3-2-4-16-15(14)19/h2-4,11-12H,5-10H2,1H3. The van der Waals surface area contributed by atoms with Gasteiger partial charge in [-0.2, -0.15) is 0 Å². The zero-order chi connectivity index (χ0) is 13.9. The minimum atomic E-state index is 0.728. The van der Waals surface area contributed by atoms with Gasteiger partial charge in [0.15, 0.2) is 6.29 Å². The largest absolute Gasteiger partial charge is 0.330 e. The number of hydrogen-bond acceptors (Lipinski definition) is 4. The van der Waals surface area contributed by atoms with Crippen molar-refractivity contribution >= 4 is 17.3 Å². The van der Waals surface area contributed by atoms with Crippen molar-refractivity contribution < 1.29 is 4.79 Å². The molecule has 20 heavy (non-hydrogen) atoms. The summed E-state index contributed by atoms with van der Waals surface area (Å²) in [6.45, 7) is 6.37. The second-order valence-corrected chi connectivity index (χ2v) is 5.42. The number of nitrogens with zero attached hydrogens (tertiary/aromatic N) is 4. The van der Waals surface area contributed by atoms with E-state index in [9.17, 15) is 4.79 Å². The van der Waals surface area contributed by atoms with Crippen LogP contribution in [0.4, 0.5) is 0 Å². The molecular formula is C15H20N4O. The van der Waals surface area contributed by atoms with Gasteiger partial charge in [0, 0.05) is 62.6 Å². The Labute approximate surface area is 118 Å². The van der Waals surface area contributed by atoms with Gasteiger partial charge in [-0.15, -0.1) is 0 Å². The summed E-state index contributed by atoms with van der Waals surface area (Å²) in [6.07, 6.45) is 4.61. The topological polar surface area (TPSA) is 41.4 Å². The highest BCUT2D eigenvalue weighted by Crippen LogP contribution is 2.17. The lowest BCUT2D eigenvalue weighted by Gasteiger charge is -2.32. The quantitative estimate of drug-likeness (QED) is 0.782. The molecule has 106 valence electrons. The summed E-state index contributed by atoms with van der Waals surface area (Å²) in [6, 6.07) is 3.83. The zero-order valence-corrected chi connectivity index (χ0v) is 11.8. The molecule has 0 radical (unpaired) electrons. The van der Waals surface area contributed by atoms with Crippen LogP contribution < -0.4 is 0 Å². The number of piperazine rings is 1. The Morgan fingerprint density at radius 1 is 1.25 bits per heavy atom. The van der Waals surface area contributed by atoms with Crippen LogP contribution in [-0.2, 0) is 6.54 Å². The van der Waals surface area contributed by atoms with E-state index in [-0.39, 0.29) is 0 Å². The second-order valence-electron chi connectivity index (χ2n) is 5.42. The molecule has 0 atom stereocenters. The molecule has 2 aromatic heterocycles. The number of carbonyl (C=O) groups is 1. The van der Waals surface area contributed by atoms with Crippen LogP contribution in [0.1, 0.15) is 10.4 Å². The SMILES string of the molecule is CN1CCN(CCn2cc(C=O)c3cccnc32)CC1. The Bertz CT molecular complexity index is 599. The molecule has 3 heterocycles. The summed E-state index contributed by atoms with van der Waals surface area (Å²) in [5.41, 5.74) is 1.63. The normalized spacial score (nSPS) is 17.6. The first-order valence-electron chi connectivity index (χ1n) is 7.08. The lowest BCUT2D eigenvalue weighted by Crippen LogP contribution is -2.45. The molecule has 5 nitrogen and oxygen atoms in total. The van der Waals surface area contributed by atoms with Gasteiger partial charge in [0.25, 0.3) is 0 Å². The first-order valence-corrected chi connectivity index (χ1v) is 7.08. The first-order chi connectivity index (χ1) is 9.78. The van der Waals surface area contributed by atoms with Crippen LogP contribution in [0.2, 0.25) is 0 Å². The fourth-order valence-corrected chi connectivity index (χ4v) is 2.73. The average Bonchev–Trinajstić information content (AvgIpc) is 2.85. The Balaban J connectivity index is 1.73. The molecular weight excluding hydrogens is 252 g/mol. The smallest absolute Gasteiger partial charge is 0.152 e. The van der Waals surface area contributed by atoms with Crippen LogP contribution in [0.5, 0.6) is 0 Å². The van der Waals surface area contributed by atoms with Gasteiger partial charge in [0.05, 0.1) is 0 Å². The molecule has 0 amide bonds. The van der Waals surface area contributed by atoms with Crippen molar-refractivity contribution in [3.8, 4) is 0 Å². The van der Waals surface area contributed by atoms with Crippen molar-refractivity contribution in [1.29, 1.82) is 0 Å². The molecule has 0 bridgehead atoms. The van der Waals surface area contributed by atoms with Crippen LogP contribution in [0.25, 0.3) is 11.0 Å². The highest BCUT2D eigenvalue weighted by molar-refractivity contribution is 5.95. The van der Waals surface area contributed by atoms with Crippen LogP contribution in [0.15, 0.2) is 24.5 Å². The monoisotopic (exact) mass is 272 g/mol. The third-order valence-electron chi connectivity index (χ3n) is 4.04. The molecule has 1 aliphatic heterocycles. The lowest BCUT2D eigenvalue weighted by atomic mass is 10.2. The number of pyridine rings is 1. The van der Waals surface area contributed by atoms with E-state index in [2.05, 4.69) is 26.4 Å². The molecule has 0 aliphatic carbocycles. The molecule has 0 aromatic carbocycles. The van der Waals surface area contributed by atoms with Gasteiger partial charge in [0.1, 0.15) is 5.65 Å². The second kappa shape index (κ2) is 5.73. The highest BCUT2D eigenvalue weighted by Gasteiger charge is 2.14. The van der Waals surface area contributed by atoms with Crippen molar-refractivity contribution in [2.75, 3.05) is 39.8 Å². The maximum absolute atomic E-state index is 11.1. The number of aldehydes is 1. The van der Waals surface area contributed by atoms with E-state index in [4.69, 9.17) is 0 Å². The number of likely N-dealkylation sites (N-methyl/N-ethyl adjacent to an activating group) is 1. The molecule has 1 aliphatic rings. The predicted molar refractivity (Wildman–Crippen MR) is 79.1 cm³/mol. The fraction of sp³-hybridized carbons (Fsp3) is 0.467. The number of hydrogen-bond donors (Lipinski definition) is 0. The minimum absolute atomic E-state index is 0.728. The van der Waals surface area contributed by atoms with Crippen molar-refractivity contribution in [2.45, 2.75) is 6.54 Å². The molecule has 0 N–H and O–H groups in total. The summed E-state index contributed by atoms with van der Waals surface area (Å²) >= 11 is 0. The van der Waals surface area contributed by atoms with Gasteiger partial charge < -0.3 is 9.47 Å². The number of aromatic nitrogens is 2. The lowest BCUT2D eigenvalue weighted by molar-refractivity contribution is 0.112. The van der Waals surface area contributed by atoms with E-state index in [1.165, 1.54) is 0 Å². The summed E-state index contributed by atoms with van der Waals surface area (Å²) in [5, 5.41) is 0.945. The Morgan fingerprint density at radius 2 is 2.05 bits per heavy atom. The third kappa shape index (κ3) is 2.59. The Morgan fingerprint density at radius 3 is 2.80 bits per heavy atom. The molecule has 5 heteroatoms. The summed E-state index contributed by atoms with van der Waals surface area (Å²) in [4.78, 5) is 20.3. The van der Waals surface area contributed by atoms with Gasteiger partial charge in [-0.05, 0) is 19.2 Å². The van der Waals surface area contributed by atoms with Crippen LogP contribution in [0.3, 0.4) is 0 Å². The van der Waals surface area contributed by atoms with Crippen LogP contribution in [0, 0.1) is 0 Å². The summed E-state index contributed by atoms with van der Waals surface area (Å²) < 4.78 is 2.09. The van der Waals surface area contributed by atoms with E-state index in [0.717, 1.165) is 62.2 Å². The van der Waals surface area contributed by atoms with Crippen molar-refractivity contribution in [3.63, 3.8) is 0 Å². The van der Waals surface area contributed by atoms with E-state index >= 15 is 0 Å². The van der Waals surface area contributed by atoms with Gasteiger partial charge in [0.2, 0.25) is 0 Å². The maximum atomic E-state index is 11.1. The fourth-order valence-electron chi connectivity index (χ4n) is 2.73. The van der Waals surface area contributed by atoms with Crippen molar-refractivity contribution in [1.82, 2.24) is 19.4 Å². The minimum Gasteiger partial charge on any atom is -0.330 e. The van der Waals surface area contributed by atoms with E-state index < -0.39 is 0 Å². The van der Waals surface area contributed by atoms with Crippen LogP contribution >= 0.6 is 0 Å². The van der Waals surface area contributed by atoms with E-state index in [0.29, 0.717) is 0 Å². The average molecular weight is 272 g/mol. The van der Waals surface area contributed by atoms with Gasteiger partial charge >= 0.3 is 0 Å². The van der Waals surface area contributed by atoms with Gasteiger partial charge in [-0.25, -0.2) is 4.98 Å². The Kier molecular flexibility index (Phi) is 3.80. The molecule has 1 fully saturated rings. The molecule has 2 aromatic rings. The third-order valence-corrected chi connectivity index (χ3v) is 4.04. The van der Waals surface area contributed by atoms with Crippen molar-refractivity contribution in [3.05, 3.63) is 30.1 Å². The maximum Gasteiger partial charge on any atom is 0.152 e. The van der Waals surface area contributed by atoms with Gasteiger partial charge in [-0.1, -0.05) is 0 Å². The van der Waals surface area contributed by atoms with E-state index in [1.807, 2.05) is 18.3 Å². The molecule has 0 unspecified atom stereocenters. The predicted octanol–water partition coefficient (Wildman–Crippen LogP) is 1.10. The Hall–Kier alpha value is -1.72. The number of rotatable bonds is 4. The summed E-state index contributed by atoms with van der Waals surface area (Å²) in [7, 11) is 2.16. The molecule has 0 saturated carbocycles. The molecule has 3 rings (SSSR count). The highest BCUT2D eigenvalue weighted by atomic mass is 16.1. The van der Waals surface area contributed by atoms with E-state index in [1.54, 1.807) is 6.20 Å². The van der Waals surface area contributed by atoms with Gasteiger partial charge in [-0.3, -0.25) is 9.69 Å².